The van der Waals surface area contributed by atoms with E-state index in [2.05, 4.69) is 123 Å². The van der Waals surface area contributed by atoms with Gasteiger partial charge in [0, 0.05) is 27.5 Å². The van der Waals surface area contributed by atoms with E-state index in [-0.39, 0.29) is 10.8 Å². The van der Waals surface area contributed by atoms with E-state index >= 15 is 0 Å². The van der Waals surface area contributed by atoms with Crippen LogP contribution in [0.1, 0.15) is 86.9 Å². The number of rotatable bonds is 4. The van der Waals surface area contributed by atoms with Crippen molar-refractivity contribution in [1.82, 2.24) is 15.0 Å². The molecule has 1 aromatic heterocycles. The van der Waals surface area contributed by atoms with E-state index < -0.39 is 0 Å². The lowest BCUT2D eigenvalue weighted by Gasteiger charge is -2.36. The van der Waals surface area contributed by atoms with Crippen molar-refractivity contribution in [2.75, 3.05) is 0 Å². The van der Waals surface area contributed by atoms with Gasteiger partial charge in [-0.3, -0.25) is 0 Å². The molecule has 5 aromatic carbocycles. The second-order valence-corrected chi connectivity index (χ2v) is 15.4. The number of benzene rings is 5. The molecule has 0 amide bonds. The van der Waals surface area contributed by atoms with Crippen molar-refractivity contribution in [2.24, 2.45) is 0 Å². The first-order chi connectivity index (χ1) is 25.0. The summed E-state index contributed by atoms with van der Waals surface area (Å²) in [7, 11) is 0. The molecule has 3 heteroatoms. The number of hydrogen-bond acceptors (Lipinski definition) is 3. The molecule has 0 atom stereocenters. The molecule has 0 N–H and O–H groups in total. The largest absolute Gasteiger partial charge is 0.208 e. The SMILES string of the molecule is CC1(C)c2cc(-c3cccc(-c4nc(C5=CCCC=C5)nc(-c5ccccc5)n4)c3)ccc2-c2cc3c(cc21)-c1ccccc1C31CCCCC1. The molecule has 10 rings (SSSR count). The van der Waals surface area contributed by atoms with Crippen molar-refractivity contribution >= 4 is 5.57 Å². The highest BCUT2D eigenvalue weighted by Crippen LogP contribution is 2.59. The molecular formula is C48H41N3. The summed E-state index contributed by atoms with van der Waals surface area (Å²) in [5, 5.41) is 0. The Labute approximate surface area is 300 Å². The first-order valence-corrected chi connectivity index (χ1v) is 18.7. The third-order valence-corrected chi connectivity index (χ3v) is 12.1. The van der Waals surface area contributed by atoms with Crippen LogP contribution < -0.4 is 0 Å². The lowest BCUT2D eigenvalue weighted by molar-refractivity contribution is 0.353. The number of allylic oxidation sites excluding steroid dienone is 4. The molecule has 0 radical (unpaired) electrons. The van der Waals surface area contributed by atoms with Crippen molar-refractivity contribution in [3.63, 3.8) is 0 Å². The Balaban J connectivity index is 1.06. The van der Waals surface area contributed by atoms with Crippen LogP contribution in [0.2, 0.25) is 0 Å². The number of nitrogens with zero attached hydrogens (tertiary/aromatic N) is 3. The first-order valence-electron chi connectivity index (χ1n) is 18.7. The highest BCUT2D eigenvalue weighted by Gasteiger charge is 2.46. The summed E-state index contributed by atoms with van der Waals surface area (Å²) in [6, 6.07) is 40.5. The number of fused-ring (bicyclic) bond motifs is 8. The lowest BCUT2D eigenvalue weighted by atomic mass is 9.67. The van der Waals surface area contributed by atoms with Gasteiger partial charge in [-0.25, -0.2) is 15.0 Å². The van der Waals surface area contributed by atoms with Crippen LogP contribution in [0, 0.1) is 0 Å². The summed E-state index contributed by atoms with van der Waals surface area (Å²) in [6.45, 7) is 4.82. The molecule has 51 heavy (non-hydrogen) atoms. The van der Waals surface area contributed by atoms with Crippen LogP contribution in [-0.4, -0.2) is 15.0 Å². The van der Waals surface area contributed by atoms with Crippen LogP contribution in [0.25, 0.3) is 61.7 Å². The third kappa shape index (κ3) is 4.74. The predicted octanol–water partition coefficient (Wildman–Crippen LogP) is 12.1. The van der Waals surface area contributed by atoms with Crippen LogP contribution in [0.5, 0.6) is 0 Å². The summed E-state index contributed by atoms with van der Waals surface area (Å²) in [6.07, 6.45) is 15.1. The van der Waals surface area contributed by atoms with Crippen LogP contribution in [0.4, 0.5) is 0 Å². The third-order valence-electron chi connectivity index (χ3n) is 12.1. The van der Waals surface area contributed by atoms with Crippen LogP contribution in [0.15, 0.2) is 127 Å². The minimum atomic E-state index is -0.112. The highest BCUT2D eigenvalue weighted by molar-refractivity contribution is 5.91. The number of aromatic nitrogens is 3. The zero-order valence-electron chi connectivity index (χ0n) is 29.4. The van der Waals surface area contributed by atoms with E-state index in [1.165, 1.54) is 76.6 Å². The minimum absolute atomic E-state index is 0.112. The molecule has 4 aliphatic carbocycles. The fraction of sp³-hybridized carbons (Fsp3) is 0.229. The highest BCUT2D eigenvalue weighted by atomic mass is 15.0. The van der Waals surface area contributed by atoms with Crippen molar-refractivity contribution in [3.05, 3.63) is 156 Å². The summed E-state index contributed by atoms with van der Waals surface area (Å²) in [5.74, 6) is 2.12. The molecule has 0 aliphatic heterocycles. The maximum Gasteiger partial charge on any atom is 0.164 e. The second-order valence-electron chi connectivity index (χ2n) is 15.4. The Morgan fingerprint density at radius 1 is 0.471 bits per heavy atom. The van der Waals surface area contributed by atoms with Gasteiger partial charge in [-0.1, -0.05) is 136 Å². The fourth-order valence-electron chi connectivity index (χ4n) is 9.52. The number of hydrogen-bond donors (Lipinski definition) is 0. The van der Waals surface area contributed by atoms with Crippen LogP contribution in [0.3, 0.4) is 0 Å². The van der Waals surface area contributed by atoms with Gasteiger partial charge in [0.25, 0.3) is 0 Å². The van der Waals surface area contributed by atoms with Gasteiger partial charge in [0.2, 0.25) is 0 Å². The first kappa shape index (κ1) is 30.4. The van der Waals surface area contributed by atoms with Crippen LogP contribution in [-0.2, 0) is 10.8 Å². The van der Waals surface area contributed by atoms with Gasteiger partial charge in [-0.15, -0.1) is 0 Å². The van der Waals surface area contributed by atoms with Crippen molar-refractivity contribution in [1.29, 1.82) is 0 Å². The molecule has 248 valence electrons. The van der Waals surface area contributed by atoms with E-state index in [4.69, 9.17) is 15.0 Å². The molecule has 0 saturated heterocycles. The van der Waals surface area contributed by atoms with Crippen molar-refractivity contribution < 1.29 is 0 Å². The Morgan fingerprint density at radius 2 is 1.12 bits per heavy atom. The Bertz CT molecular complexity index is 2420. The maximum atomic E-state index is 5.04. The maximum absolute atomic E-state index is 5.04. The van der Waals surface area contributed by atoms with Gasteiger partial charge in [-0.05, 0) is 106 Å². The van der Waals surface area contributed by atoms with E-state index in [9.17, 15) is 0 Å². The summed E-state index contributed by atoms with van der Waals surface area (Å²) >= 11 is 0. The monoisotopic (exact) mass is 659 g/mol. The molecule has 0 bridgehead atoms. The summed E-state index contributed by atoms with van der Waals surface area (Å²) in [5.41, 5.74) is 17.2. The van der Waals surface area contributed by atoms with Gasteiger partial charge in [0.1, 0.15) is 0 Å². The summed E-state index contributed by atoms with van der Waals surface area (Å²) < 4.78 is 0. The molecule has 0 unspecified atom stereocenters. The lowest BCUT2D eigenvalue weighted by Crippen LogP contribution is -2.28. The van der Waals surface area contributed by atoms with Gasteiger partial charge in [0.05, 0.1) is 0 Å². The van der Waals surface area contributed by atoms with Gasteiger partial charge >= 0.3 is 0 Å². The van der Waals surface area contributed by atoms with E-state index in [0.29, 0.717) is 11.6 Å². The molecule has 3 nitrogen and oxygen atoms in total. The smallest absolute Gasteiger partial charge is 0.164 e. The van der Waals surface area contributed by atoms with Crippen LogP contribution >= 0.6 is 0 Å². The van der Waals surface area contributed by atoms with E-state index in [1.807, 2.05) is 18.2 Å². The zero-order valence-corrected chi connectivity index (χ0v) is 29.4. The fourth-order valence-corrected chi connectivity index (χ4v) is 9.52. The predicted molar refractivity (Wildman–Crippen MR) is 209 cm³/mol. The zero-order chi connectivity index (χ0) is 34.2. The molecule has 1 fully saturated rings. The Hall–Kier alpha value is -5.41. The van der Waals surface area contributed by atoms with E-state index in [0.717, 1.165) is 35.4 Å². The average Bonchev–Trinajstić information content (AvgIpc) is 3.58. The van der Waals surface area contributed by atoms with Gasteiger partial charge < -0.3 is 0 Å². The Morgan fingerprint density at radius 3 is 1.94 bits per heavy atom. The van der Waals surface area contributed by atoms with Gasteiger partial charge in [-0.2, -0.15) is 0 Å². The molecule has 1 spiro atoms. The quantitative estimate of drug-likeness (QED) is 0.189. The molecule has 4 aliphatic rings. The minimum Gasteiger partial charge on any atom is -0.208 e. The average molecular weight is 660 g/mol. The Kier molecular flexibility index (Phi) is 6.90. The molecule has 1 saturated carbocycles. The van der Waals surface area contributed by atoms with Crippen molar-refractivity contribution in [2.45, 2.75) is 69.6 Å². The second kappa shape index (κ2) is 11.6. The topological polar surface area (TPSA) is 38.7 Å². The molecular weight excluding hydrogens is 619 g/mol. The van der Waals surface area contributed by atoms with E-state index in [1.54, 1.807) is 11.1 Å². The standard InChI is InChI=1S/C48H41N3/c1-47(2)41-28-34(23-24-37(41)38-30-43-39(29-42(38)47)36-21-10-11-22-40(36)48(43)25-12-5-13-26-48)33-19-14-20-35(27-33)46-50-44(31-15-6-3-7-16-31)49-45(51-46)32-17-8-4-9-18-32/h3,6-8,10-11,14-24,27-30H,4-5,9,12-13,25-26H2,1-2H3. The summed E-state index contributed by atoms with van der Waals surface area (Å²) in [4.78, 5) is 15.0. The normalized spacial score (nSPS) is 17.4. The molecule has 6 aromatic rings. The van der Waals surface area contributed by atoms with Crippen molar-refractivity contribution in [3.8, 4) is 56.2 Å². The molecule has 1 heterocycles. The van der Waals surface area contributed by atoms with Gasteiger partial charge in [0.15, 0.2) is 17.5 Å².